The Morgan fingerprint density at radius 3 is 1.51 bits per heavy atom. The summed E-state index contributed by atoms with van der Waals surface area (Å²) in [6.07, 6.45) is -19.0. The van der Waals surface area contributed by atoms with E-state index in [-0.39, 0.29) is 56.7 Å². The summed E-state index contributed by atoms with van der Waals surface area (Å²) < 4.78 is 139. The minimum absolute atomic E-state index is 0.00155. The number of aryl methyl sites for hydroxylation is 1. The number of alkyl halides is 12. The van der Waals surface area contributed by atoms with Gasteiger partial charge in [0.2, 0.25) is 17.7 Å². The van der Waals surface area contributed by atoms with Crippen LogP contribution in [0.3, 0.4) is 0 Å². The van der Waals surface area contributed by atoms with Crippen LogP contribution in [0.2, 0.25) is 0 Å². The molecule has 3 aromatic carbocycles. The van der Waals surface area contributed by atoms with Crippen LogP contribution < -0.4 is 42.6 Å². The van der Waals surface area contributed by atoms with Gasteiger partial charge in [0.25, 0.3) is 5.91 Å². The summed E-state index contributed by atoms with van der Waals surface area (Å²) >= 11 is 0. The molecular weight excluding hydrogens is 1250 g/mol. The molecule has 1 aromatic heterocycles. The number of carbonyl (C=O) groups excluding carboxylic acids is 4. The molecule has 0 aliphatic carbocycles. The van der Waals surface area contributed by atoms with Gasteiger partial charge in [0, 0.05) is 49.4 Å². The maximum Gasteiger partial charge on any atom is 0.490 e. The molecular formula is C53H61F12N9O16. The molecule has 4 amide bonds. The van der Waals surface area contributed by atoms with E-state index in [9.17, 15) is 81.8 Å². The number of nitrogens with one attached hydrogen (secondary N) is 3. The monoisotopic (exact) mass is 1310 g/mol. The number of hydrogen-bond donors (Lipinski definition) is 11. The van der Waals surface area contributed by atoms with Gasteiger partial charge >= 0.3 is 54.6 Å². The maximum atomic E-state index is 14.6. The lowest BCUT2D eigenvalue weighted by Crippen LogP contribution is -2.55. The molecule has 0 saturated heterocycles. The van der Waals surface area contributed by atoms with Gasteiger partial charge in [0.05, 0.1) is 11.3 Å². The Balaban J connectivity index is 0.00000119. The van der Waals surface area contributed by atoms with E-state index in [1.54, 1.807) is 43.3 Å². The first-order valence-electron chi connectivity index (χ1n) is 25.4. The summed E-state index contributed by atoms with van der Waals surface area (Å²) in [6, 6.07) is 12.7. The predicted octanol–water partition coefficient (Wildman–Crippen LogP) is 4.90. The number of likely N-dealkylation sites (N-methyl/N-ethyl adjacent to an activating group) is 1. The first-order chi connectivity index (χ1) is 41.2. The number of carboxylic acid groups (broad SMARTS) is 5. The van der Waals surface area contributed by atoms with Crippen LogP contribution in [0, 0.1) is 6.92 Å². The third kappa shape index (κ3) is 25.4. The molecule has 4 atom stereocenters. The molecule has 1 aliphatic rings. The van der Waals surface area contributed by atoms with Crippen molar-refractivity contribution in [2.75, 3.05) is 39.9 Å². The highest BCUT2D eigenvalue weighted by molar-refractivity contribution is 6.00. The quantitative estimate of drug-likeness (QED) is 0.0748. The molecule has 0 spiro atoms. The smallest absolute Gasteiger partial charge is 0.490 e. The average molecular weight is 1310 g/mol. The largest absolute Gasteiger partial charge is 0.492 e. The van der Waals surface area contributed by atoms with Crippen LogP contribution in [0.4, 0.5) is 52.7 Å². The lowest BCUT2D eigenvalue weighted by atomic mass is 9.87. The second-order valence-corrected chi connectivity index (χ2v) is 19.4. The molecule has 0 fully saturated rings. The molecule has 14 N–H and O–H groups in total. The first kappa shape index (κ1) is 78.6. The van der Waals surface area contributed by atoms with E-state index in [1.807, 2.05) is 24.3 Å². The van der Waals surface area contributed by atoms with Gasteiger partial charge in [-0.25, -0.2) is 33.9 Å². The third-order valence-corrected chi connectivity index (χ3v) is 11.5. The van der Waals surface area contributed by atoms with E-state index < -0.39 is 102 Å². The second-order valence-electron chi connectivity index (χ2n) is 19.4. The number of benzene rings is 3. The lowest BCUT2D eigenvalue weighted by molar-refractivity contribution is -0.193. The Morgan fingerprint density at radius 2 is 1.11 bits per heavy atom. The number of amides is 4. The normalized spacial score (nSPS) is 15.3. The van der Waals surface area contributed by atoms with Crippen molar-refractivity contribution in [3.63, 3.8) is 0 Å². The van der Waals surface area contributed by atoms with Gasteiger partial charge < -0.3 is 73.1 Å². The highest BCUT2D eigenvalue weighted by atomic mass is 19.4. The fraction of sp³-hybridized carbons (Fsp3) is 0.415. The summed E-state index contributed by atoms with van der Waals surface area (Å²) in [5, 5.41) is 46.6. The SMILES string of the molecule is Cc1nc(-c2ccc(C(C)(C)C)cc2)ncc1C(=O)N[C@@H](CCN)C(=O)N(C)[C@@H]1C(=O)N[C@@H](C)C(=O)N[C@H](C(=O)O)Cc2ccc(OCCN)c(c2)-c2cc1ccc2OCCN.O=C(O)C(F)(F)F.O=C(O)C(F)(F)F.O=C(O)C(F)(F)F.O=C(O)C(F)(F)F. The molecule has 90 heavy (non-hydrogen) atoms. The van der Waals surface area contributed by atoms with Crippen molar-refractivity contribution in [2.24, 2.45) is 17.2 Å². The minimum Gasteiger partial charge on any atom is -0.492 e. The standard InChI is InChI=1S/C45H57N9O8.4C2HF3O2/c1-25-33(24-49-39(50-25)28-8-11-30(12-9-28)45(3,4)5)41(56)52-34(15-16-46)43(58)54(6)38-29-10-14-37(62-20-18-48)32(23-29)31-21-27(7-13-36(31)61-19-17-47)22-35(44(59)60)53-40(55)26(2)51-42(38)57;4*3-2(4,5)1(6)7/h7-14,21,23-24,26,34-35,38H,15-20,22,46-48H2,1-6H3,(H,51,57)(H,52,56)(H,53,55)(H,59,60);4*(H,6,7)/t26-,34-,35-,38-;;;;/m0..../s1. The maximum absolute atomic E-state index is 14.6. The van der Waals surface area contributed by atoms with Gasteiger partial charge in [-0.2, -0.15) is 52.7 Å². The number of halogens is 12. The van der Waals surface area contributed by atoms with Crippen LogP contribution in [-0.4, -0.2) is 177 Å². The van der Waals surface area contributed by atoms with E-state index in [0.29, 0.717) is 45.3 Å². The summed E-state index contributed by atoms with van der Waals surface area (Å²) in [5.74, 6) is -14.0. The van der Waals surface area contributed by atoms with Crippen molar-refractivity contribution in [1.29, 1.82) is 0 Å². The lowest BCUT2D eigenvalue weighted by Gasteiger charge is -2.32. The van der Waals surface area contributed by atoms with Crippen LogP contribution in [0.5, 0.6) is 11.5 Å². The van der Waals surface area contributed by atoms with E-state index in [4.69, 9.17) is 66.3 Å². The van der Waals surface area contributed by atoms with Crippen LogP contribution in [0.1, 0.15) is 72.9 Å². The van der Waals surface area contributed by atoms with Crippen molar-refractivity contribution >= 4 is 53.5 Å². The van der Waals surface area contributed by atoms with Crippen molar-refractivity contribution in [1.82, 2.24) is 30.8 Å². The first-order valence-corrected chi connectivity index (χ1v) is 25.4. The number of carboxylic acids is 5. The Bertz CT molecular complexity index is 3060. The zero-order chi connectivity index (χ0) is 69.6. The van der Waals surface area contributed by atoms with Crippen LogP contribution in [-0.2, 0) is 50.2 Å². The van der Waals surface area contributed by atoms with Crippen molar-refractivity contribution in [3.8, 4) is 34.0 Å². The molecule has 37 heteroatoms. The number of carbonyl (C=O) groups is 9. The van der Waals surface area contributed by atoms with Crippen LogP contribution in [0.25, 0.3) is 22.5 Å². The molecule has 0 saturated carbocycles. The highest BCUT2D eigenvalue weighted by Crippen LogP contribution is 2.40. The van der Waals surface area contributed by atoms with E-state index >= 15 is 0 Å². The highest BCUT2D eigenvalue weighted by Gasteiger charge is 2.41. The zero-order valence-electron chi connectivity index (χ0n) is 47.9. The molecule has 1 aliphatic heterocycles. The summed E-state index contributed by atoms with van der Waals surface area (Å²) in [5.41, 5.74) is 21.7. The van der Waals surface area contributed by atoms with Crippen LogP contribution in [0.15, 0.2) is 66.9 Å². The van der Waals surface area contributed by atoms with Gasteiger partial charge in [0.1, 0.15) is 48.9 Å². The molecule has 0 radical (unpaired) electrons. The molecule has 5 rings (SSSR count). The summed E-state index contributed by atoms with van der Waals surface area (Å²) in [4.78, 5) is 114. The van der Waals surface area contributed by atoms with Gasteiger partial charge in [-0.3, -0.25) is 19.2 Å². The number of fused-ring (bicyclic) bond motifs is 5. The van der Waals surface area contributed by atoms with Crippen molar-refractivity contribution in [3.05, 3.63) is 94.8 Å². The Kier molecular flexibility index (Phi) is 29.5. The van der Waals surface area contributed by atoms with Gasteiger partial charge in [-0.15, -0.1) is 0 Å². The number of nitrogens with two attached hydrogens (primary N) is 3. The van der Waals surface area contributed by atoms with Crippen LogP contribution >= 0.6 is 0 Å². The minimum atomic E-state index is -5.08. The molecule has 2 heterocycles. The molecule has 25 nitrogen and oxygen atoms in total. The molecule has 498 valence electrons. The predicted molar refractivity (Wildman–Crippen MR) is 288 cm³/mol. The van der Waals surface area contributed by atoms with Gasteiger partial charge in [-0.1, -0.05) is 57.2 Å². The third-order valence-electron chi connectivity index (χ3n) is 11.5. The van der Waals surface area contributed by atoms with E-state index in [0.717, 1.165) is 11.1 Å². The van der Waals surface area contributed by atoms with E-state index in [2.05, 4.69) is 46.7 Å². The Hall–Kier alpha value is -9.39. The number of nitrogens with zero attached hydrogens (tertiary/aromatic N) is 3. The van der Waals surface area contributed by atoms with Crippen molar-refractivity contribution in [2.45, 2.75) is 102 Å². The fourth-order valence-electron chi connectivity index (χ4n) is 7.05. The topological polar surface area (TPSA) is 416 Å². The summed E-state index contributed by atoms with van der Waals surface area (Å²) in [6.45, 7) is 10.1. The zero-order valence-corrected chi connectivity index (χ0v) is 47.9. The molecule has 4 aromatic rings. The second kappa shape index (κ2) is 33.8. The summed E-state index contributed by atoms with van der Waals surface area (Å²) in [7, 11) is 1.40. The molecule has 0 unspecified atom stereocenters. The number of aliphatic carboxylic acids is 5. The van der Waals surface area contributed by atoms with Gasteiger partial charge in [-0.05, 0) is 73.2 Å². The van der Waals surface area contributed by atoms with E-state index in [1.165, 1.54) is 25.1 Å². The van der Waals surface area contributed by atoms with Gasteiger partial charge in [0.15, 0.2) is 5.82 Å². The molecule has 4 bridgehead atoms. The fourth-order valence-corrected chi connectivity index (χ4v) is 7.05. The Morgan fingerprint density at radius 1 is 0.667 bits per heavy atom. The van der Waals surface area contributed by atoms with Crippen molar-refractivity contribution < 1.29 is 131 Å². The number of hydrogen-bond acceptors (Lipinski definition) is 16. The Labute approximate surface area is 501 Å². The average Bonchev–Trinajstić information content (AvgIpc) is 0.801. The number of ether oxygens (including phenoxy) is 2. The number of rotatable bonds is 14. The number of aromatic nitrogens is 2.